The van der Waals surface area contributed by atoms with Gasteiger partial charge >= 0.3 is 0 Å². The van der Waals surface area contributed by atoms with Gasteiger partial charge in [0.05, 0.1) is 12.0 Å². The summed E-state index contributed by atoms with van der Waals surface area (Å²) < 4.78 is 13.6. The van der Waals surface area contributed by atoms with Crippen molar-refractivity contribution in [1.82, 2.24) is 5.32 Å². The van der Waals surface area contributed by atoms with E-state index >= 15 is 0 Å². The molecule has 1 amide bonds. The smallest absolute Gasteiger partial charge is 0.230 e. The number of nitrogens with one attached hydrogen (secondary N) is 1. The molecule has 0 radical (unpaired) electrons. The number of rotatable bonds is 4. The van der Waals surface area contributed by atoms with E-state index in [2.05, 4.69) is 5.32 Å². The van der Waals surface area contributed by atoms with Crippen LogP contribution >= 0.6 is 0 Å². The minimum Gasteiger partial charge on any atom is -0.395 e. The molecule has 16 heavy (non-hydrogen) atoms. The normalized spacial score (nSPS) is 16.9. The minimum atomic E-state index is -0.694. The molecule has 1 fully saturated rings. The van der Waals surface area contributed by atoms with Crippen molar-refractivity contribution in [2.24, 2.45) is 0 Å². The Morgan fingerprint density at radius 3 is 2.69 bits per heavy atom. The lowest BCUT2D eigenvalue weighted by atomic mass is 9.94. The molecular weight excluding hydrogens is 209 g/mol. The summed E-state index contributed by atoms with van der Waals surface area (Å²) in [5.74, 6) is -0.522. The van der Waals surface area contributed by atoms with Crippen molar-refractivity contribution < 1.29 is 14.3 Å². The fourth-order valence-corrected chi connectivity index (χ4v) is 1.93. The second-order valence-electron chi connectivity index (χ2n) is 4.04. The molecule has 0 saturated heterocycles. The summed E-state index contributed by atoms with van der Waals surface area (Å²) >= 11 is 0. The van der Waals surface area contributed by atoms with Crippen LogP contribution in [0.1, 0.15) is 18.4 Å². The number of aliphatic hydroxyl groups excluding tert-OH is 1. The number of carbonyl (C=O) groups is 1. The highest BCUT2D eigenvalue weighted by molar-refractivity contribution is 5.91. The van der Waals surface area contributed by atoms with Crippen molar-refractivity contribution in [3.8, 4) is 0 Å². The van der Waals surface area contributed by atoms with Crippen molar-refractivity contribution in [2.45, 2.75) is 18.3 Å². The molecule has 2 rings (SSSR count). The highest BCUT2D eigenvalue weighted by Gasteiger charge is 2.52. The van der Waals surface area contributed by atoms with Gasteiger partial charge in [0, 0.05) is 12.1 Å². The van der Waals surface area contributed by atoms with Crippen LogP contribution in [0.25, 0.3) is 0 Å². The summed E-state index contributed by atoms with van der Waals surface area (Å²) in [6.07, 6.45) is 1.34. The largest absolute Gasteiger partial charge is 0.395 e. The number of hydrogen-bond donors (Lipinski definition) is 2. The maximum absolute atomic E-state index is 13.6. The molecule has 86 valence electrons. The fraction of sp³-hybridized carbons (Fsp3) is 0.417. The van der Waals surface area contributed by atoms with Gasteiger partial charge in [-0.05, 0) is 18.9 Å². The van der Waals surface area contributed by atoms with Crippen LogP contribution in [-0.4, -0.2) is 24.2 Å². The first-order valence-corrected chi connectivity index (χ1v) is 5.35. The highest BCUT2D eigenvalue weighted by atomic mass is 19.1. The summed E-state index contributed by atoms with van der Waals surface area (Å²) in [5, 5.41) is 11.2. The van der Waals surface area contributed by atoms with E-state index in [1.54, 1.807) is 18.2 Å². The molecule has 1 aromatic rings. The van der Waals surface area contributed by atoms with E-state index in [0.29, 0.717) is 18.4 Å². The lowest BCUT2D eigenvalue weighted by molar-refractivity contribution is -0.123. The molecule has 0 bridgehead atoms. The van der Waals surface area contributed by atoms with Crippen LogP contribution in [0.3, 0.4) is 0 Å². The molecule has 1 saturated carbocycles. The molecule has 0 aliphatic heterocycles. The van der Waals surface area contributed by atoms with Crippen molar-refractivity contribution in [3.05, 3.63) is 35.6 Å². The molecule has 0 atom stereocenters. The maximum atomic E-state index is 13.6. The van der Waals surface area contributed by atoms with E-state index in [4.69, 9.17) is 5.11 Å². The molecule has 0 aromatic heterocycles. The Morgan fingerprint density at radius 2 is 2.12 bits per heavy atom. The number of amides is 1. The molecule has 0 spiro atoms. The zero-order chi connectivity index (χ0) is 11.6. The third-order valence-corrected chi connectivity index (χ3v) is 2.97. The monoisotopic (exact) mass is 223 g/mol. The maximum Gasteiger partial charge on any atom is 0.230 e. The van der Waals surface area contributed by atoms with Crippen molar-refractivity contribution >= 4 is 5.91 Å². The predicted molar refractivity (Wildman–Crippen MR) is 57.4 cm³/mol. The Labute approximate surface area is 93.3 Å². The molecule has 3 nitrogen and oxygen atoms in total. The number of aliphatic hydroxyl groups is 1. The number of benzene rings is 1. The molecule has 0 heterocycles. The van der Waals surface area contributed by atoms with Crippen LogP contribution in [0.5, 0.6) is 0 Å². The van der Waals surface area contributed by atoms with Gasteiger partial charge in [-0.25, -0.2) is 4.39 Å². The third-order valence-electron chi connectivity index (χ3n) is 2.97. The summed E-state index contributed by atoms with van der Waals surface area (Å²) in [6, 6.07) is 6.37. The van der Waals surface area contributed by atoms with E-state index < -0.39 is 5.41 Å². The fourth-order valence-electron chi connectivity index (χ4n) is 1.93. The van der Waals surface area contributed by atoms with Gasteiger partial charge in [0.1, 0.15) is 5.82 Å². The zero-order valence-corrected chi connectivity index (χ0v) is 8.87. The van der Waals surface area contributed by atoms with Crippen LogP contribution in [0.2, 0.25) is 0 Å². The molecule has 2 N–H and O–H groups in total. The van der Waals surface area contributed by atoms with Crippen LogP contribution in [-0.2, 0) is 10.2 Å². The van der Waals surface area contributed by atoms with E-state index in [-0.39, 0.29) is 24.9 Å². The average Bonchev–Trinajstić information content (AvgIpc) is 3.08. The summed E-state index contributed by atoms with van der Waals surface area (Å²) in [6.45, 7) is 0.119. The molecule has 0 unspecified atom stereocenters. The van der Waals surface area contributed by atoms with Crippen LogP contribution in [0, 0.1) is 5.82 Å². The van der Waals surface area contributed by atoms with E-state index in [1.807, 2.05) is 0 Å². The summed E-state index contributed by atoms with van der Waals surface area (Å²) in [4.78, 5) is 11.8. The standard InChI is InChI=1S/C12H14FNO2/c13-10-4-2-1-3-9(10)12(5-6-12)11(16)14-7-8-15/h1-4,15H,5-8H2,(H,14,16). The zero-order valence-electron chi connectivity index (χ0n) is 8.87. The lowest BCUT2D eigenvalue weighted by Crippen LogP contribution is -2.36. The lowest BCUT2D eigenvalue weighted by Gasteiger charge is -2.15. The Hall–Kier alpha value is -1.42. The molecule has 1 aromatic carbocycles. The minimum absolute atomic E-state index is 0.0981. The van der Waals surface area contributed by atoms with Crippen LogP contribution < -0.4 is 5.32 Å². The van der Waals surface area contributed by atoms with Gasteiger partial charge in [0.2, 0.25) is 5.91 Å². The quantitative estimate of drug-likeness (QED) is 0.799. The predicted octanol–water partition coefficient (Wildman–Crippen LogP) is 0.966. The van der Waals surface area contributed by atoms with Crippen molar-refractivity contribution in [1.29, 1.82) is 0 Å². The van der Waals surface area contributed by atoms with E-state index in [0.717, 1.165) is 0 Å². The van der Waals surface area contributed by atoms with Crippen molar-refractivity contribution in [2.75, 3.05) is 13.2 Å². The Kier molecular flexibility index (Phi) is 2.92. The number of hydrogen-bond acceptors (Lipinski definition) is 2. The first kappa shape index (κ1) is 11.1. The van der Waals surface area contributed by atoms with Gasteiger partial charge in [-0.2, -0.15) is 0 Å². The van der Waals surface area contributed by atoms with Gasteiger partial charge < -0.3 is 10.4 Å². The van der Waals surface area contributed by atoms with Crippen molar-refractivity contribution in [3.63, 3.8) is 0 Å². The third kappa shape index (κ3) is 1.80. The second-order valence-corrected chi connectivity index (χ2v) is 4.04. The Balaban J connectivity index is 2.20. The van der Waals surface area contributed by atoms with E-state index in [1.165, 1.54) is 6.07 Å². The average molecular weight is 223 g/mol. The number of carbonyl (C=O) groups excluding carboxylic acids is 1. The van der Waals surface area contributed by atoms with Gasteiger partial charge in [-0.3, -0.25) is 4.79 Å². The molecule has 4 heteroatoms. The van der Waals surface area contributed by atoms with Gasteiger partial charge in [0.15, 0.2) is 0 Å². The highest BCUT2D eigenvalue weighted by Crippen LogP contribution is 2.49. The SMILES string of the molecule is O=C(NCCO)C1(c2ccccc2F)CC1. The van der Waals surface area contributed by atoms with Crippen LogP contribution in [0.4, 0.5) is 4.39 Å². The van der Waals surface area contributed by atoms with Gasteiger partial charge in [0.25, 0.3) is 0 Å². The molecule has 1 aliphatic rings. The van der Waals surface area contributed by atoms with E-state index in [9.17, 15) is 9.18 Å². The summed E-state index contributed by atoms with van der Waals surface area (Å²) in [7, 11) is 0. The number of halogens is 1. The molecular formula is C12H14FNO2. The summed E-state index contributed by atoms with van der Waals surface area (Å²) in [5.41, 5.74) is -0.231. The Bertz CT molecular complexity index is 402. The first-order valence-electron chi connectivity index (χ1n) is 5.35. The first-order chi connectivity index (χ1) is 7.70. The topological polar surface area (TPSA) is 49.3 Å². The second kappa shape index (κ2) is 4.22. The Morgan fingerprint density at radius 1 is 1.44 bits per heavy atom. The van der Waals surface area contributed by atoms with Gasteiger partial charge in [-0.15, -0.1) is 0 Å². The van der Waals surface area contributed by atoms with Gasteiger partial charge in [-0.1, -0.05) is 18.2 Å². The van der Waals surface area contributed by atoms with Crippen LogP contribution in [0.15, 0.2) is 24.3 Å². The molecule has 1 aliphatic carbocycles.